The molecule has 6 N–H and O–H groups in total. The molecule has 5 amide bonds. The average molecular weight is 501 g/mol. The summed E-state index contributed by atoms with van der Waals surface area (Å²) in [6, 6.07) is 8.33. The minimum Gasteiger partial charge on any atom is -0.368 e. The van der Waals surface area contributed by atoms with Crippen LogP contribution in [0.5, 0.6) is 0 Å². The standard InChI is InChI=1S/C24H32N6O4S/c1-24(2,3)20(30-23(34)28-16-7-9-17(35-4)10-8-16)22(33)27-14-19(31)29-18(21(25)32)12-15-6-5-11-26-13-15/h5-11,13,18,20H,12,14H2,1-4H3,(H2,25,32)(H,27,33)(H,29,31)(H2,28,30,34). The van der Waals surface area contributed by atoms with Crippen molar-refractivity contribution < 1.29 is 19.2 Å². The van der Waals surface area contributed by atoms with E-state index in [9.17, 15) is 19.2 Å². The minimum atomic E-state index is -0.955. The summed E-state index contributed by atoms with van der Waals surface area (Å²) in [7, 11) is 0. The van der Waals surface area contributed by atoms with E-state index in [1.165, 1.54) is 0 Å². The highest BCUT2D eigenvalue weighted by atomic mass is 32.2. The highest BCUT2D eigenvalue weighted by Gasteiger charge is 2.33. The van der Waals surface area contributed by atoms with Gasteiger partial charge in [0.15, 0.2) is 0 Å². The van der Waals surface area contributed by atoms with Gasteiger partial charge < -0.3 is 27.0 Å². The number of aromatic nitrogens is 1. The molecule has 2 aromatic rings. The van der Waals surface area contributed by atoms with Crippen LogP contribution in [0, 0.1) is 5.41 Å². The molecule has 2 unspecified atom stereocenters. The van der Waals surface area contributed by atoms with Gasteiger partial charge in [-0.25, -0.2) is 4.79 Å². The predicted molar refractivity (Wildman–Crippen MR) is 136 cm³/mol. The summed E-state index contributed by atoms with van der Waals surface area (Å²) in [5.41, 5.74) is 6.08. The van der Waals surface area contributed by atoms with Crippen molar-refractivity contribution in [3.05, 3.63) is 54.4 Å². The SMILES string of the molecule is CSc1ccc(NC(=O)NC(C(=O)NCC(=O)NC(Cc2cccnc2)C(N)=O)C(C)(C)C)cc1. The van der Waals surface area contributed by atoms with E-state index in [4.69, 9.17) is 5.73 Å². The third-order valence-corrected chi connectivity index (χ3v) is 5.76. The van der Waals surface area contributed by atoms with Gasteiger partial charge in [0, 0.05) is 29.4 Å². The van der Waals surface area contributed by atoms with E-state index < -0.39 is 41.3 Å². The number of hydrogen-bond donors (Lipinski definition) is 5. The maximum Gasteiger partial charge on any atom is 0.319 e. The lowest BCUT2D eigenvalue weighted by molar-refractivity contribution is -0.130. The van der Waals surface area contributed by atoms with Gasteiger partial charge in [-0.1, -0.05) is 26.8 Å². The van der Waals surface area contributed by atoms with Crippen LogP contribution in [0.15, 0.2) is 53.7 Å². The Bertz CT molecular complexity index is 1020. The Morgan fingerprint density at radius 1 is 1.06 bits per heavy atom. The second kappa shape index (κ2) is 12.7. The summed E-state index contributed by atoms with van der Waals surface area (Å²) in [5, 5.41) is 10.4. The van der Waals surface area contributed by atoms with Crippen LogP contribution in [0.2, 0.25) is 0 Å². The van der Waals surface area contributed by atoms with Crippen LogP contribution in [0.25, 0.3) is 0 Å². The van der Waals surface area contributed by atoms with Gasteiger partial charge in [-0.2, -0.15) is 0 Å². The van der Waals surface area contributed by atoms with Crippen molar-refractivity contribution >= 4 is 41.2 Å². The molecule has 0 saturated carbocycles. The first kappa shape index (κ1) is 27.6. The molecule has 10 nitrogen and oxygen atoms in total. The van der Waals surface area contributed by atoms with Crippen LogP contribution in [-0.4, -0.2) is 53.6 Å². The van der Waals surface area contributed by atoms with E-state index in [1.54, 1.807) is 69.2 Å². The van der Waals surface area contributed by atoms with Gasteiger partial charge in [0.05, 0.1) is 6.54 Å². The molecule has 2 rings (SSSR count). The highest BCUT2D eigenvalue weighted by Crippen LogP contribution is 2.20. The molecule has 35 heavy (non-hydrogen) atoms. The second-order valence-electron chi connectivity index (χ2n) is 8.93. The molecule has 0 aliphatic carbocycles. The number of amides is 5. The van der Waals surface area contributed by atoms with E-state index in [0.717, 1.165) is 10.5 Å². The Balaban J connectivity index is 1.93. The molecule has 11 heteroatoms. The van der Waals surface area contributed by atoms with Gasteiger partial charge in [0.2, 0.25) is 17.7 Å². The lowest BCUT2D eigenvalue weighted by atomic mass is 9.86. The molecule has 1 aromatic carbocycles. The summed E-state index contributed by atoms with van der Waals surface area (Å²) >= 11 is 1.58. The quantitative estimate of drug-likeness (QED) is 0.313. The minimum absolute atomic E-state index is 0.174. The largest absolute Gasteiger partial charge is 0.368 e. The number of nitrogens with zero attached hydrogens (tertiary/aromatic N) is 1. The van der Waals surface area contributed by atoms with E-state index in [1.807, 2.05) is 18.4 Å². The Morgan fingerprint density at radius 3 is 2.29 bits per heavy atom. The zero-order chi connectivity index (χ0) is 26.0. The Labute approximate surface area is 209 Å². The zero-order valence-electron chi connectivity index (χ0n) is 20.3. The lowest BCUT2D eigenvalue weighted by Gasteiger charge is -2.30. The van der Waals surface area contributed by atoms with Crippen molar-refractivity contribution in [2.24, 2.45) is 11.1 Å². The van der Waals surface area contributed by atoms with E-state index in [-0.39, 0.29) is 13.0 Å². The number of nitrogens with two attached hydrogens (primary N) is 1. The molecule has 2 atom stereocenters. The van der Waals surface area contributed by atoms with Gasteiger partial charge in [-0.15, -0.1) is 11.8 Å². The van der Waals surface area contributed by atoms with Crippen LogP contribution in [0.4, 0.5) is 10.5 Å². The fourth-order valence-corrected chi connectivity index (χ4v) is 3.55. The number of nitrogens with one attached hydrogen (secondary N) is 4. The molecule has 1 aromatic heterocycles. The molecule has 188 valence electrons. The fraction of sp³-hybridized carbons (Fsp3) is 0.375. The van der Waals surface area contributed by atoms with Crippen molar-refractivity contribution in [2.75, 3.05) is 18.1 Å². The van der Waals surface area contributed by atoms with Gasteiger partial charge in [0.25, 0.3) is 0 Å². The van der Waals surface area contributed by atoms with Crippen LogP contribution < -0.4 is 27.0 Å². The molecular weight excluding hydrogens is 468 g/mol. The molecule has 0 aliphatic heterocycles. The van der Waals surface area contributed by atoms with Crippen molar-refractivity contribution in [2.45, 2.75) is 44.2 Å². The van der Waals surface area contributed by atoms with Gasteiger partial charge >= 0.3 is 6.03 Å². The smallest absolute Gasteiger partial charge is 0.319 e. The lowest BCUT2D eigenvalue weighted by Crippen LogP contribution is -2.56. The van der Waals surface area contributed by atoms with Crippen LogP contribution in [0.3, 0.4) is 0 Å². The fourth-order valence-electron chi connectivity index (χ4n) is 3.14. The molecule has 0 spiro atoms. The monoisotopic (exact) mass is 500 g/mol. The number of anilines is 1. The topological polar surface area (TPSA) is 155 Å². The van der Waals surface area contributed by atoms with E-state index >= 15 is 0 Å². The van der Waals surface area contributed by atoms with Gasteiger partial charge in [-0.3, -0.25) is 19.4 Å². The number of pyridine rings is 1. The van der Waals surface area contributed by atoms with Crippen molar-refractivity contribution in [1.82, 2.24) is 20.9 Å². The van der Waals surface area contributed by atoms with Gasteiger partial charge in [0.1, 0.15) is 12.1 Å². The summed E-state index contributed by atoms with van der Waals surface area (Å²) in [6.07, 6.45) is 5.30. The first-order chi connectivity index (χ1) is 16.5. The van der Waals surface area contributed by atoms with Crippen molar-refractivity contribution in [1.29, 1.82) is 0 Å². The predicted octanol–water partition coefficient (Wildman–Crippen LogP) is 1.67. The number of benzene rings is 1. The molecule has 0 saturated heterocycles. The van der Waals surface area contributed by atoms with E-state index in [0.29, 0.717) is 5.69 Å². The maximum atomic E-state index is 12.8. The first-order valence-corrected chi connectivity index (χ1v) is 12.2. The first-order valence-electron chi connectivity index (χ1n) is 11.0. The van der Waals surface area contributed by atoms with Crippen molar-refractivity contribution in [3.63, 3.8) is 0 Å². The van der Waals surface area contributed by atoms with Crippen LogP contribution in [-0.2, 0) is 20.8 Å². The number of rotatable bonds is 10. The molecule has 0 aliphatic rings. The Hall–Kier alpha value is -3.60. The van der Waals surface area contributed by atoms with Crippen LogP contribution in [0.1, 0.15) is 26.3 Å². The third kappa shape index (κ3) is 9.28. The molecule has 0 bridgehead atoms. The number of urea groups is 1. The second-order valence-corrected chi connectivity index (χ2v) is 9.81. The summed E-state index contributed by atoms with van der Waals surface area (Å²) in [6.45, 7) is 4.99. The molecule has 0 radical (unpaired) electrons. The molecular formula is C24H32N6O4S. The third-order valence-electron chi connectivity index (χ3n) is 5.02. The maximum absolute atomic E-state index is 12.8. The molecule has 1 heterocycles. The number of carbonyl (C=O) groups excluding carboxylic acids is 4. The number of carbonyl (C=O) groups is 4. The van der Waals surface area contributed by atoms with Crippen molar-refractivity contribution in [3.8, 4) is 0 Å². The normalized spacial score (nSPS) is 12.7. The zero-order valence-corrected chi connectivity index (χ0v) is 21.1. The van der Waals surface area contributed by atoms with Crippen LogP contribution >= 0.6 is 11.8 Å². The van der Waals surface area contributed by atoms with E-state index in [2.05, 4.69) is 26.3 Å². The summed E-state index contributed by atoms with van der Waals surface area (Å²) < 4.78 is 0. The summed E-state index contributed by atoms with van der Waals surface area (Å²) in [4.78, 5) is 54.5. The molecule has 0 fully saturated rings. The highest BCUT2D eigenvalue weighted by molar-refractivity contribution is 7.98. The number of primary amides is 1. The van der Waals surface area contributed by atoms with Gasteiger partial charge in [-0.05, 0) is 47.6 Å². The average Bonchev–Trinajstić information content (AvgIpc) is 2.81. The summed E-state index contributed by atoms with van der Waals surface area (Å²) in [5.74, 6) is -1.83. The Morgan fingerprint density at radius 2 is 1.74 bits per heavy atom. The number of thioether (sulfide) groups is 1. The number of hydrogen-bond acceptors (Lipinski definition) is 6. The Kier molecular flexibility index (Phi) is 10.1.